The Hall–Kier alpha value is -0.660. The molecule has 0 aromatic heterocycles. The summed E-state index contributed by atoms with van der Waals surface area (Å²) in [7, 11) is 0. The molecule has 1 unspecified atom stereocenters. The van der Waals surface area contributed by atoms with Crippen LogP contribution in [0.5, 0.6) is 0 Å². The molecule has 1 heterocycles. The molecule has 0 N–H and O–H groups in total. The highest BCUT2D eigenvalue weighted by Crippen LogP contribution is 2.03. The highest BCUT2D eigenvalue weighted by Gasteiger charge is 2.09. The van der Waals surface area contributed by atoms with Crippen molar-refractivity contribution in [2.45, 2.75) is 26.8 Å². The van der Waals surface area contributed by atoms with Gasteiger partial charge in [0.25, 0.3) is 0 Å². The molecular weight excluding hydrogens is 100 g/mol. The van der Waals surface area contributed by atoms with Crippen LogP contribution in [0.2, 0.25) is 0 Å². The fourth-order valence-corrected chi connectivity index (χ4v) is 0.751. The van der Waals surface area contributed by atoms with E-state index in [1.54, 1.807) is 0 Å². The topological polar surface area (TPSA) is 24.7 Å². The first-order chi connectivity index (χ1) is 3.70. The van der Waals surface area contributed by atoms with Crippen molar-refractivity contribution in [2.24, 2.45) is 9.98 Å². The average Bonchev–Trinajstić information content (AvgIpc) is 1.85. The van der Waals surface area contributed by atoms with Crippen molar-refractivity contribution in [1.82, 2.24) is 0 Å². The van der Waals surface area contributed by atoms with Crippen molar-refractivity contribution < 1.29 is 0 Å². The molecule has 0 saturated carbocycles. The molecular formula is C6H10N2. The predicted molar refractivity (Wildman–Crippen MR) is 35.7 cm³/mol. The molecule has 0 aromatic carbocycles. The second-order valence-corrected chi connectivity index (χ2v) is 2.11. The molecule has 0 aromatic rings. The summed E-state index contributed by atoms with van der Waals surface area (Å²) in [6, 6.07) is 0.329. The Bertz CT molecular complexity index is 156. The van der Waals surface area contributed by atoms with E-state index in [0.29, 0.717) is 6.04 Å². The van der Waals surface area contributed by atoms with Gasteiger partial charge in [-0.25, -0.2) is 4.99 Å². The van der Waals surface area contributed by atoms with Crippen LogP contribution in [0.4, 0.5) is 0 Å². The smallest absolute Gasteiger partial charge is 0.120 e. The number of nitrogens with zero attached hydrogens (tertiary/aromatic N) is 2. The van der Waals surface area contributed by atoms with Gasteiger partial charge >= 0.3 is 0 Å². The summed E-state index contributed by atoms with van der Waals surface area (Å²) in [6.45, 7) is 5.98. The standard InChI is InChI=1S/C6H10N2/c1-4-5(2)8-6(3)7-4/h4H,1-3H3. The maximum absolute atomic E-state index is 4.18. The van der Waals surface area contributed by atoms with E-state index in [1.165, 1.54) is 0 Å². The number of hydrogen-bond donors (Lipinski definition) is 0. The summed E-state index contributed by atoms with van der Waals surface area (Å²) in [5, 5.41) is 0. The summed E-state index contributed by atoms with van der Waals surface area (Å²) in [5.41, 5.74) is 1.13. The number of rotatable bonds is 0. The minimum absolute atomic E-state index is 0.329. The Morgan fingerprint density at radius 2 is 2.00 bits per heavy atom. The Balaban J connectivity index is 2.78. The molecule has 0 spiro atoms. The monoisotopic (exact) mass is 110 g/mol. The third-order valence-electron chi connectivity index (χ3n) is 1.32. The molecule has 44 valence electrons. The Morgan fingerprint density at radius 3 is 2.12 bits per heavy atom. The summed E-state index contributed by atoms with van der Waals surface area (Å²) in [6.07, 6.45) is 0. The van der Waals surface area contributed by atoms with Crippen LogP contribution in [-0.2, 0) is 0 Å². The van der Waals surface area contributed by atoms with Crippen LogP contribution in [0.15, 0.2) is 9.98 Å². The first-order valence-corrected chi connectivity index (χ1v) is 2.80. The van der Waals surface area contributed by atoms with Crippen molar-refractivity contribution in [3.8, 4) is 0 Å². The van der Waals surface area contributed by atoms with Crippen molar-refractivity contribution in [3.05, 3.63) is 0 Å². The van der Waals surface area contributed by atoms with Gasteiger partial charge in [0.2, 0.25) is 0 Å². The zero-order valence-electron chi connectivity index (χ0n) is 5.47. The highest BCUT2D eigenvalue weighted by atomic mass is 15.0. The molecule has 0 amide bonds. The highest BCUT2D eigenvalue weighted by molar-refractivity contribution is 6.03. The lowest BCUT2D eigenvalue weighted by Gasteiger charge is -1.92. The van der Waals surface area contributed by atoms with Gasteiger partial charge in [-0.1, -0.05) is 0 Å². The fraction of sp³-hybridized carbons (Fsp3) is 0.667. The van der Waals surface area contributed by atoms with Crippen LogP contribution >= 0.6 is 0 Å². The van der Waals surface area contributed by atoms with Crippen molar-refractivity contribution in [3.63, 3.8) is 0 Å². The van der Waals surface area contributed by atoms with Gasteiger partial charge in [-0.2, -0.15) is 0 Å². The molecule has 0 radical (unpaired) electrons. The van der Waals surface area contributed by atoms with Gasteiger partial charge < -0.3 is 0 Å². The fourth-order valence-electron chi connectivity index (χ4n) is 0.751. The second kappa shape index (κ2) is 1.69. The van der Waals surface area contributed by atoms with Crippen molar-refractivity contribution in [2.75, 3.05) is 0 Å². The van der Waals surface area contributed by atoms with Gasteiger partial charge in [0.1, 0.15) is 5.84 Å². The number of hydrogen-bond acceptors (Lipinski definition) is 2. The Labute approximate surface area is 49.3 Å². The Morgan fingerprint density at radius 1 is 1.38 bits per heavy atom. The lowest BCUT2D eigenvalue weighted by atomic mass is 10.2. The molecule has 0 saturated heterocycles. The zero-order valence-corrected chi connectivity index (χ0v) is 5.47. The summed E-state index contributed by atoms with van der Waals surface area (Å²) in [5.74, 6) is 0.912. The van der Waals surface area contributed by atoms with E-state index < -0.39 is 0 Å². The molecule has 8 heavy (non-hydrogen) atoms. The van der Waals surface area contributed by atoms with Crippen LogP contribution < -0.4 is 0 Å². The SMILES string of the molecule is CC1=NC(C)C(C)=N1. The van der Waals surface area contributed by atoms with Gasteiger partial charge in [-0.15, -0.1) is 0 Å². The maximum atomic E-state index is 4.18. The molecule has 1 aliphatic heterocycles. The minimum Gasteiger partial charge on any atom is -0.262 e. The van der Waals surface area contributed by atoms with E-state index >= 15 is 0 Å². The zero-order chi connectivity index (χ0) is 6.15. The van der Waals surface area contributed by atoms with Crippen molar-refractivity contribution >= 4 is 11.5 Å². The number of aliphatic imine (C=N–C) groups is 2. The molecule has 1 aliphatic rings. The molecule has 2 heteroatoms. The summed E-state index contributed by atoms with van der Waals surface area (Å²) < 4.78 is 0. The van der Waals surface area contributed by atoms with Gasteiger partial charge in [0.15, 0.2) is 0 Å². The van der Waals surface area contributed by atoms with Crippen molar-refractivity contribution in [1.29, 1.82) is 0 Å². The quantitative estimate of drug-likeness (QED) is 0.448. The van der Waals surface area contributed by atoms with E-state index in [2.05, 4.69) is 16.9 Å². The summed E-state index contributed by atoms with van der Waals surface area (Å²) in [4.78, 5) is 8.32. The van der Waals surface area contributed by atoms with E-state index in [1.807, 2.05) is 13.8 Å². The van der Waals surface area contributed by atoms with Gasteiger partial charge in [-0.05, 0) is 20.8 Å². The van der Waals surface area contributed by atoms with Crippen LogP contribution in [0.3, 0.4) is 0 Å². The third kappa shape index (κ3) is 0.782. The first-order valence-electron chi connectivity index (χ1n) is 2.80. The number of amidine groups is 1. The lowest BCUT2D eigenvalue weighted by Crippen LogP contribution is -2.04. The maximum Gasteiger partial charge on any atom is 0.120 e. The molecule has 2 nitrogen and oxygen atoms in total. The van der Waals surface area contributed by atoms with Crippen LogP contribution in [-0.4, -0.2) is 17.6 Å². The minimum atomic E-state index is 0.329. The molecule has 1 rings (SSSR count). The molecule has 0 fully saturated rings. The van der Waals surface area contributed by atoms with E-state index in [-0.39, 0.29) is 0 Å². The van der Waals surface area contributed by atoms with Crippen LogP contribution in [0.25, 0.3) is 0 Å². The average molecular weight is 110 g/mol. The first kappa shape index (κ1) is 5.48. The predicted octanol–water partition coefficient (Wildman–Crippen LogP) is 1.27. The van der Waals surface area contributed by atoms with Crippen LogP contribution in [0.1, 0.15) is 20.8 Å². The largest absolute Gasteiger partial charge is 0.262 e. The molecule has 1 atom stereocenters. The van der Waals surface area contributed by atoms with Gasteiger partial charge in [0, 0.05) is 5.71 Å². The molecule has 0 aliphatic carbocycles. The second-order valence-electron chi connectivity index (χ2n) is 2.11. The van der Waals surface area contributed by atoms with Gasteiger partial charge in [0.05, 0.1) is 6.04 Å². The normalized spacial score (nSPS) is 27.6. The lowest BCUT2D eigenvalue weighted by molar-refractivity contribution is 0.993. The van der Waals surface area contributed by atoms with E-state index in [0.717, 1.165) is 11.5 Å². The van der Waals surface area contributed by atoms with E-state index in [4.69, 9.17) is 0 Å². The van der Waals surface area contributed by atoms with E-state index in [9.17, 15) is 0 Å². The Kier molecular flexibility index (Phi) is 1.16. The molecule has 0 bridgehead atoms. The van der Waals surface area contributed by atoms with Crippen LogP contribution in [0, 0.1) is 0 Å². The summed E-state index contributed by atoms with van der Waals surface area (Å²) >= 11 is 0. The third-order valence-corrected chi connectivity index (χ3v) is 1.32. The van der Waals surface area contributed by atoms with Gasteiger partial charge in [-0.3, -0.25) is 4.99 Å².